The summed E-state index contributed by atoms with van der Waals surface area (Å²) >= 11 is 1.31. The molecule has 0 aliphatic carbocycles. The zero-order valence-corrected chi connectivity index (χ0v) is 11.9. The molecule has 6 heteroatoms. The number of hydrogen-bond donors (Lipinski definition) is 0. The van der Waals surface area contributed by atoms with Crippen molar-refractivity contribution in [1.29, 1.82) is 0 Å². The SMILES string of the molecule is COC(=O)CSc1ccc(OC)cc1CC(=O)OC. The van der Waals surface area contributed by atoms with Crippen LogP contribution in [0.4, 0.5) is 0 Å². The van der Waals surface area contributed by atoms with Crippen LogP contribution >= 0.6 is 11.8 Å². The molecule has 0 saturated heterocycles. The summed E-state index contributed by atoms with van der Waals surface area (Å²) < 4.78 is 14.4. The molecular weight excluding hydrogens is 268 g/mol. The lowest BCUT2D eigenvalue weighted by Crippen LogP contribution is -2.07. The van der Waals surface area contributed by atoms with Gasteiger partial charge in [0.25, 0.3) is 0 Å². The number of ether oxygens (including phenoxy) is 3. The van der Waals surface area contributed by atoms with Crippen molar-refractivity contribution in [2.75, 3.05) is 27.1 Å². The maximum Gasteiger partial charge on any atom is 0.315 e. The Kier molecular flexibility index (Phi) is 6.21. The lowest BCUT2D eigenvalue weighted by Gasteiger charge is -2.10. The number of esters is 2. The van der Waals surface area contributed by atoms with Gasteiger partial charge in [-0.1, -0.05) is 0 Å². The van der Waals surface area contributed by atoms with Gasteiger partial charge >= 0.3 is 11.9 Å². The van der Waals surface area contributed by atoms with E-state index in [1.165, 1.54) is 26.0 Å². The van der Waals surface area contributed by atoms with Crippen LogP contribution in [0, 0.1) is 0 Å². The first-order chi connectivity index (χ1) is 9.10. The Hall–Kier alpha value is -1.69. The Morgan fingerprint density at radius 1 is 1.11 bits per heavy atom. The van der Waals surface area contributed by atoms with Crippen LogP contribution in [-0.2, 0) is 25.5 Å². The van der Waals surface area contributed by atoms with Gasteiger partial charge in [0.2, 0.25) is 0 Å². The molecule has 0 fully saturated rings. The summed E-state index contributed by atoms with van der Waals surface area (Å²) in [5.41, 5.74) is 0.764. The number of carbonyl (C=O) groups excluding carboxylic acids is 2. The average molecular weight is 284 g/mol. The summed E-state index contributed by atoms with van der Waals surface area (Å²) in [4.78, 5) is 23.3. The molecule has 0 aromatic heterocycles. The molecule has 0 aliphatic rings. The number of rotatable bonds is 6. The number of methoxy groups -OCH3 is 3. The lowest BCUT2D eigenvalue weighted by atomic mass is 10.1. The highest BCUT2D eigenvalue weighted by atomic mass is 32.2. The van der Waals surface area contributed by atoms with Crippen LogP contribution in [0.25, 0.3) is 0 Å². The molecule has 104 valence electrons. The fraction of sp³-hybridized carbons (Fsp3) is 0.385. The van der Waals surface area contributed by atoms with E-state index < -0.39 is 0 Å². The van der Waals surface area contributed by atoms with E-state index in [4.69, 9.17) is 4.74 Å². The minimum atomic E-state index is -0.340. The van der Waals surface area contributed by atoms with Gasteiger partial charge in [-0.2, -0.15) is 0 Å². The summed E-state index contributed by atoms with van der Waals surface area (Å²) in [6.45, 7) is 0. The van der Waals surface area contributed by atoms with Gasteiger partial charge in [0.05, 0.1) is 33.5 Å². The van der Waals surface area contributed by atoms with Crippen molar-refractivity contribution in [3.05, 3.63) is 23.8 Å². The molecule has 0 heterocycles. The third-order valence-electron chi connectivity index (χ3n) is 2.40. The summed E-state index contributed by atoms with van der Waals surface area (Å²) in [5, 5.41) is 0. The summed E-state index contributed by atoms with van der Waals surface area (Å²) in [7, 11) is 4.23. The van der Waals surface area contributed by atoms with E-state index in [0.29, 0.717) is 5.75 Å². The van der Waals surface area contributed by atoms with Crippen LogP contribution in [0.15, 0.2) is 23.1 Å². The molecule has 0 N–H and O–H groups in total. The van der Waals surface area contributed by atoms with Crippen LogP contribution < -0.4 is 4.74 Å². The van der Waals surface area contributed by atoms with Gasteiger partial charge in [-0.3, -0.25) is 9.59 Å². The fourth-order valence-electron chi connectivity index (χ4n) is 1.39. The van der Waals surface area contributed by atoms with E-state index >= 15 is 0 Å². The summed E-state index contributed by atoms with van der Waals surface area (Å²) in [6, 6.07) is 5.35. The number of thioether (sulfide) groups is 1. The van der Waals surface area contributed by atoms with E-state index in [2.05, 4.69) is 9.47 Å². The van der Waals surface area contributed by atoms with Gasteiger partial charge in [-0.15, -0.1) is 11.8 Å². The average Bonchev–Trinajstić information content (AvgIpc) is 2.45. The standard InChI is InChI=1S/C13H16O5S/c1-16-10-4-5-11(19-8-13(15)18-3)9(6-10)7-12(14)17-2/h4-6H,7-8H2,1-3H3. The van der Waals surface area contributed by atoms with Gasteiger partial charge < -0.3 is 14.2 Å². The molecule has 0 atom stereocenters. The molecule has 0 bridgehead atoms. The van der Waals surface area contributed by atoms with Gasteiger partial charge in [0.15, 0.2) is 0 Å². The molecule has 0 saturated carbocycles. The second kappa shape index (κ2) is 7.68. The van der Waals surface area contributed by atoms with Gasteiger partial charge in [-0.05, 0) is 23.8 Å². The molecule has 19 heavy (non-hydrogen) atoms. The van der Waals surface area contributed by atoms with Crippen LogP contribution in [-0.4, -0.2) is 39.0 Å². The van der Waals surface area contributed by atoms with Crippen LogP contribution in [0.1, 0.15) is 5.56 Å². The summed E-state index contributed by atoms with van der Waals surface area (Å²) in [5.74, 6) is 0.191. The molecule has 0 unspecified atom stereocenters. The Labute approximate surface area is 116 Å². The van der Waals surface area contributed by atoms with Crippen molar-refractivity contribution in [3.63, 3.8) is 0 Å². The Balaban J connectivity index is 2.88. The highest BCUT2D eigenvalue weighted by molar-refractivity contribution is 8.00. The van der Waals surface area contributed by atoms with E-state index in [0.717, 1.165) is 10.5 Å². The first-order valence-electron chi connectivity index (χ1n) is 5.54. The monoisotopic (exact) mass is 284 g/mol. The van der Waals surface area contributed by atoms with E-state index in [-0.39, 0.29) is 24.1 Å². The molecule has 0 amide bonds. The van der Waals surface area contributed by atoms with Crippen molar-refractivity contribution >= 4 is 23.7 Å². The second-order valence-electron chi connectivity index (χ2n) is 3.59. The maximum atomic E-state index is 11.4. The molecule has 0 aliphatic heterocycles. The van der Waals surface area contributed by atoms with Crippen molar-refractivity contribution in [2.45, 2.75) is 11.3 Å². The van der Waals surface area contributed by atoms with Gasteiger partial charge in [-0.25, -0.2) is 0 Å². The normalized spacial score (nSPS) is 9.84. The minimum Gasteiger partial charge on any atom is -0.497 e. The van der Waals surface area contributed by atoms with Crippen molar-refractivity contribution in [3.8, 4) is 5.75 Å². The van der Waals surface area contributed by atoms with Crippen molar-refractivity contribution in [2.24, 2.45) is 0 Å². The lowest BCUT2D eigenvalue weighted by molar-refractivity contribution is -0.140. The topological polar surface area (TPSA) is 61.8 Å². The zero-order valence-electron chi connectivity index (χ0n) is 11.1. The third kappa shape index (κ3) is 4.82. The smallest absolute Gasteiger partial charge is 0.315 e. The number of benzene rings is 1. The zero-order chi connectivity index (χ0) is 14.3. The first-order valence-corrected chi connectivity index (χ1v) is 6.52. The van der Waals surface area contributed by atoms with Crippen molar-refractivity contribution in [1.82, 2.24) is 0 Å². The van der Waals surface area contributed by atoms with Gasteiger partial charge in [0, 0.05) is 4.90 Å². The first kappa shape index (κ1) is 15.4. The number of carbonyl (C=O) groups is 2. The van der Waals surface area contributed by atoms with E-state index in [9.17, 15) is 9.59 Å². The Morgan fingerprint density at radius 3 is 2.37 bits per heavy atom. The van der Waals surface area contributed by atoms with Crippen LogP contribution in [0.5, 0.6) is 5.75 Å². The predicted octanol–water partition coefficient (Wildman–Crippen LogP) is 1.68. The molecule has 5 nitrogen and oxygen atoms in total. The molecular formula is C13H16O5S. The number of hydrogen-bond acceptors (Lipinski definition) is 6. The second-order valence-corrected chi connectivity index (χ2v) is 4.61. The van der Waals surface area contributed by atoms with Crippen molar-refractivity contribution < 1.29 is 23.8 Å². The molecule has 0 radical (unpaired) electrons. The molecule has 1 aromatic rings. The quantitative estimate of drug-likeness (QED) is 0.585. The highest BCUT2D eigenvalue weighted by Gasteiger charge is 2.12. The Bertz CT molecular complexity index is 458. The summed E-state index contributed by atoms with van der Waals surface area (Å²) in [6.07, 6.45) is 0.136. The van der Waals surface area contributed by atoms with E-state index in [1.54, 1.807) is 19.2 Å². The molecule has 1 aromatic carbocycles. The fourth-order valence-corrected chi connectivity index (χ4v) is 2.26. The molecule has 0 spiro atoms. The highest BCUT2D eigenvalue weighted by Crippen LogP contribution is 2.27. The van der Waals surface area contributed by atoms with Crippen LogP contribution in [0.3, 0.4) is 0 Å². The van der Waals surface area contributed by atoms with E-state index in [1.807, 2.05) is 6.07 Å². The Morgan fingerprint density at radius 2 is 1.79 bits per heavy atom. The predicted molar refractivity (Wildman–Crippen MR) is 71.5 cm³/mol. The third-order valence-corrected chi connectivity index (χ3v) is 3.49. The largest absolute Gasteiger partial charge is 0.497 e. The molecule has 1 rings (SSSR count). The van der Waals surface area contributed by atoms with Crippen LogP contribution in [0.2, 0.25) is 0 Å². The van der Waals surface area contributed by atoms with Gasteiger partial charge in [0.1, 0.15) is 5.75 Å². The maximum absolute atomic E-state index is 11.4. The minimum absolute atomic E-state index is 0.136.